The highest BCUT2D eigenvalue weighted by molar-refractivity contribution is 5.95. The van der Waals surface area contributed by atoms with Gasteiger partial charge in [0.05, 0.1) is 4.92 Å². The maximum Gasteiger partial charge on any atom is 0.312 e. The smallest absolute Gasteiger partial charge is 0.312 e. The molecule has 2 aromatic carbocycles. The Hall–Kier alpha value is -3.15. The van der Waals surface area contributed by atoms with Crippen LogP contribution in [0, 0.1) is 10.1 Å². The minimum absolute atomic E-state index is 0.108. The van der Waals surface area contributed by atoms with E-state index >= 15 is 0 Å². The lowest BCUT2D eigenvalue weighted by Crippen LogP contribution is -1.99. The van der Waals surface area contributed by atoms with Crippen LogP contribution in [-0.2, 0) is 12.8 Å². The summed E-state index contributed by atoms with van der Waals surface area (Å²) in [6.45, 7) is 1.37. The first-order valence-corrected chi connectivity index (χ1v) is 8.54. The molecular weight excluding hydrogens is 334 g/mol. The minimum Gasteiger partial charge on any atom is -0.461 e. The normalized spacial score (nSPS) is 13.4. The van der Waals surface area contributed by atoms with Crippen molar-refractivity contribution in [3.8, 4) is 11.5 Å². The Morgan fingerprint density at radius 3 is 2.73 bits per heavy atom. The van der Waals surface area contributed by atoms with Gasteiger partial charge in [0.1, 0.15) is 17.1 Å². The Labute approximate surface area is 149 Å². The van der Waals surface area contributed by atoms with E-state index in [9.17, 15) is 14.9 Å². The van der Waals surface area contributed by atoms with E-state index in [0.717, 1.165) is 42.4 Å². The van der Waals surface area contributed by atoms with Crippen LogP contribution in [0.1, 0.15) is 41.4 Å². The number of nitro groups is 1. The van der Waals surface area contributed by atoms with E-state index in [0.29, 0.717) is 5.75 Å². The summed E-state index contributed by atoms with van der Waals surface area (Å²) in [7, 11) is 0. The van der Waals surface area contributed by atoms with E-state index in [1.54, 1.807) is 6.07 Å². The van der Waals surface area contributed by atoms with Gasteiger partial charge in [-0.1, -0.05) is 0 Å². The monoisotopic (exact) mass is 351 g/mol. The van der Waals surface area contributed by atoms with Gasteiger partial charge >= 0.3 is 5.69 Å². The summed E-state index contributed by atoms with van der Waals surface area (Å²) >= 11 is 0. The molecule has 0 spiro atoms. The lowest BCUT2D eigenvalue weighted by molar-refractivity contribution is -0.385. The van der Waals surface area contributed by atoms with Crippen molar-refractivity contribution < 1.29 is 18.9 Å². The average molecular weight is 351 g/mol. The van der Waals surface area contributed by atoms with Crippen LogP contribution < -0.4 is 4.74 Å². The quantitative estimate of drug-likeness (QED) is 0.366. The fraction of sp³-hybridized carbons (Fsp3) is 0.250. The summed E-state index contributed by atoms with van der Waals surface area (Å²) in [4.78, 5) is 22.3. The predicted molar refractivity (Wildman–Crippen MR) is 96.0 cm³/mol. The van der Waals surface area contributed by atoms with E-state index in [4.69, 9.17) is 9.15 Å². The van der Waals surface area contributed by atoms with Gasteiger partial charge in [0.25, 0.3) is 0 Å². The maximum absolute atomic E-state index is 11.5. The Morgan fingerprint density at radius 1 is 1.15 bits per heavy atom. The van der Waals surface area contributed by atoms with Gasteiger partial charge < -0.3 is 9.15 Å². The van der Waals surface area contributed by atoms with Crippen molar-refractivity contribution >= 4 is 22.4 Å². The molecule has 6 heteroatoms. The first-order valence-electron chi connectivity index (χ1n) is 8.54. The molecule has 1 heterocycles. The van der Waals surface area contributed by atoms with Gasteiger partial charge in [0.15, 0.2) is 5.78 Å². The highest BCUT2D eigenvalue weighted by atomic mass is 16.6. The van der Waals surface area contributed by atoms with E-state index in [2.05, 4.69) is 0 Å². The van der Waals surface area contributed by atoms with E-state index in [-0.39, 0.29) is 22.8 Å². The molecule has 4 rings (SSSR count). The number of nitro benzene ring substituents is 1. The second-order valence-electron chi connectivity index (χ2n) is 6.47. The average Bonchev–Trinajstić information content (AvgIpc) is 3.00. The third-order valence-electron chi connectivity index (χ3n) is 4.72. The summed E-state index contributed by atoms with van der Waals surface area (Å²) < 4.78 is 11.7. The fourth-order valence-electron chi connectivity index (χ4n) is 3.40. The molecule has 0 unspecified atom stereocenters. The van der Waals surface area contributed by atoms with Crippen molar-refractivity contribution in [2.75, 3.05) is 0 Å². The first-order chi connectivity index (χ1) is 12.5. The zero-order chi connectivity index (χ0) is 18.3. The molecule has 6 nitrogen and oxygen atoms in total. The third kappa shape index (κ3) is 2.83. The van der Waals surface area contributed by atoms with Gasteiger partial charge in [-0.2, -0.15) is 0 Å². The van der Waals surface area contributed by atoms with Crippen molar-refractivity contribution in [3.05, 3.63) is 63.4 Å². The Kier molecular flexibility index (Phi) is 3.95. The lowest BCUT2D eigenvalue weighted by Gasteiger charge is -2.09. The molecule has 1 aromatic heterocycles. The zero-order valence-electron chi connectivity index (χ0n) is 14.3. The number of hydrogen-bond acceptors (Lipinski definition) is 5. The number of hydrogen-bond donors (Lipinski definition) is 0. The summed E-state index contributed by atoms with van der Waals surface area (Å²) in [5.41, 5.74) is 2.07. The highest BCUT2D eigenvalue weighted by Crippen LogP contribution is 2.37. The number of Topliss-reactive ketones (excluding diaryl/α,β-unsaturated/α-hetero) is 1. The highest BCUT2D eigenvalue weighted by Gasteiger charge is 2.20. The molecule has 0 saturated heterocycles. The Balaban J connectivity index is 1.73. The van der Waals surface area contributed by atoms with Crippen molar-refractivity contribution in [3.63, 3.8) is 0 Å². The molecule has 0 radical (unpaired) electrons. The largest absolute Gasteiger partial charge is 0.461 e. The molecule has 26 heavy (non-hydrogen) atoms. The summed E-state index contributed by atoms with van der Waals surface area (Å²) in [6, 6.07) is 9.67. The van der Waals surface area contributed by atoms with Crippen LogP contribution in [0.15, 0.2) is 40.8 Å². The number of rotatable bonds is 4. The van der Waals surface area contributed by atoms with E-state index in [1.807, 2.05) is 12.1 Å². The molecule has 1 aliphatic rings. The SMILES string of the molecule is CC(=O)c1ccc(Oc2ccc3oc4c(c3c2)CCCC4)c([N+](=O)[O-])c1. The minimum atomic E-state index is -0.542. The first kappa shape index (κ1) is 16.3. The maximum atomic E-state index is 11.5. The molecule has 0 bridgehead atoms. The van der Waals surface area contributed by atoms with Crippen LogP contribution >= 0.6 is 0 Å². The summed E-state index contributed by atoms with van der Waals surface area (Å²) in [5, 5.41) is 12.3. The number of ether oxygens (including phenoxy) is 1. The molecular formula is C20H17NO5. The van der Waals surface area contributed by atoms with Crippen molar-refractivity contribution in [1.29, 1.82) is 0 Å². The van der Waals surface area contributed by atoms with Gasteiger partial charge in [-0.3, -0.25) is 14.9 Å². The predicted octanol–water partition coefficient (Wildman–Crippen LogP) is 5.21. The number of aryl methyl sites for hydroxylation is 2. The number of carbonyl (C=O) groups excluding carboxylic acids is 1. The number of ketones is 1. The van der Waals surface area contributed by atoms with Gasteiger partial charge in [-0.05, 0) is 56.5 Å². The van der Waals surface area contributed by atoms with Crippen LogP contribution in [0.3, 0.4) is 0 Å². The number of benzene rings is 2. The number of furan rings is 1. The Morgan fingerprint density at radius 2 is 1.96 bits per heavy atom. The molecule has 0 fully saturated rings. The molecule has 0 amide bonds. The summed E-state index contributed by atoms with van der Waals surface area (Å²) in [6.07, 6.45) is 4.17. The van der Waals surface area contributed by atoms with Crippen molar-refractivity contribution in [2.45, 2.75) is 32.6 Å². The second-order valence-corrected chi connectivity index (χ2v) is 6.47. The zero-order valence-corrected chi connectivity index (χ0v) is 14.3. The molecule has 0 aliphatic heterocycles. The van der Waals surface area contributed by atoms with Crippen LogP contribution in [-0.4, -0.2) is 10.7 Å². The van der Waals surface area contributed by atoms with Gasteiger partial charge in [0, 0.05) is 29.0 Å². The van der Waals surface area contributed by atoms with Gasteiger partial charge in [0.2, 0.25) is 5.75 Å². The standard InChI is InChI=1S/C20H17NO5/c1-12(22)13-6-8-20(17(10-13)21(23)24)25-14-7-9-19-16(11-14)15-4-2-3-5-18(15)26-19/h6-11H,2-5H2,1H3. The van der Waals surface area contributed by atoms with E-state index in [1.165, 1.54) is 30.7 Å². The molecule has 132 valence electrons. The van der Waals surface area contributed by atoms with Crippen molar-refractivity contribution in [1.82, 2.24) is 0 Å². The van der Waals surface area contributed by atoms with Gasteiger partial charge in [-0.15, -0.1) is 0 Å². The number of nitrogens with zero attached hydrogens (tertiary/aromatic N) is 1. The number of fused-ring (bicyclic) bond motifs is 3. The van der Waals surface area contributed by atoms with Crippen LogP contribution in [0.2, 0.25) is 0 Å². The van der Waals surface area contributed by atoms with E-state index < -0.39 is 4.92 Å². The van der Waals surface area contributed by atoms with Crippen LogP contribution in [0.25, 0.3) is 11.0 Å². The molecule has 1 aliphatic carbocycles. The molecule has 0 N–H and O–H groups in total. The second kappa shape index (κ2) is 6.29. The van der Waals surface area contributed by atoms with Crippen LogP contribution in [0.4, 0.5) is 5.69 Å². The topological polar surface area (TPSA) is 82.6 Å². The molecule has 0 saturated carbocycles. The fourth-order valence-corrected chi connectivity index (χ4v) is 3.40. The Bertz CT molecular complexity index is 1030. The molecule has 3 aromatic rings. The third-order valence-corrected chi connectivity index (χ3v) is 4.72. The van der Waals surface area contributed by atoms with Crippen molar-refractivity contribution in [2.24, 2.45) is 0 Å². The number of carbonyl (C=O) groups is 1. The summed E-state index contributed by atoms with van der Waals surface area (Å²) in [5.74, 6) is 1.41. The molecule has 0 atom stereocenters. The van der Waals surface area contributed by atoms with Gasteiger partial charge in [-0.25, -0.2) is 0 Å². The van der Waals surface area contributed by atoms with Crippen LogP contribution in [0.5, 0.6) is 11.5 Å². The lowest BCUT2D eigenvalue weighted by atomic mass is 9.96.